The van der Waals surface area contributed by atoms with Gasteiger partial charge in [0.1, 0.15) is 59.7 Å². The van der Waals surface area contributed by atoms with Crippen LogP contribution in [0, 0.1) is 5.92 Å². The van der Waals surface area contributed by atoms with Crippen LogP contribution >= 0.6 is 0 Å². The summed E-state index contributed by atoms with van der Waals surface area (Å²) in [6.45, 7) is 1.32. The van der Waals surface area contributed by atoms with E-state index in [1.165, 1.54) is 0 Å². The van der Waals surface area contributed by atoms with E-state index in [4.69, 9.17) is 18.9 Å². The highest BCUT2D eigenvalue weighted by atomic mass is 16.8. The van der Waals surface area contributed by atoms with Gasteiger partial charge in [-0.25, -0.2) is 4.79 Å². The summed E-state index contributed by atoms with van der Waals surface area (Å²) in [5.41, 5.74) is -5.75. The Morgan fingerprint density at radius 1 is 1.06 bits per heavy atom. The molecule has 182 valence electrons. The molecule has 1 saturated carbocycles. The molecular formula is C18H26O14. The van der Waals surface area contributed by atoms with Crippen LogP contribution in [0.1, 0.15) is 13.8 Å². The molecule has 11 atom stereocenters. The Labute approximate surface area is 180 Å². The van der Waals surface area contributed by atoms with Crippen molar-refractivity contribution >= 4 is 11.9 Å². The molecular weight excluding hydrogens is 440 g/mol. The molecule has 2 fully saturated rings. The van der Waals surface area contributed by atoms with Crippen molar-refractivity contribution in [2.45, 2.75) is 74.3 Å². The van der Waals surface area contributed by atoms with Crippen LogP contribution in [-0.4, -0.2) is 120 Å². The van der Waals surface area contributed by atoms with Crippen LogP contribution in [0.2, 0.25) is 0 Å². The molecule has 0 radical (unpaired) electrons. The summed E-state index contributed by atoms with van der Waals surface area (Å²) in [6, 6.07) is 0. The van der Waals surface area contributed by atoms with Gasteiger partial charge in [0.2, 0.25) is 6.29 Å². The fourth-order valence-electron chi connectivity index (χ4n) is 4.55. The van der Waals surface area contributed by atoms with Gasteiger partial charge in [-0.1, -0.05) is 0 Å². The average Bonchev–Trinajstić information content (AvgIpc) is 2.86. The van der Waals surface area contributed by atoms with Crippen LogP contribution in [0.25, 0.3) is 0 Å². The molecule has 2 aliphatic heterocycles. The van der Waals surface area contributed by atoms with Gasteiger partial charge in [-0.2, -0.15) is 0 Å². The maximum absolute atomic E-state index is 11.7. The van der Waals surface area contributed by atoms with E-state index in [1.54, 1.807) is 0 Å². The van der Waals surface area contributed by atoms with Gasteiger partial charge in [-0.3, -0.25) is 4.79 Å². The number of carboxylic acid groups (broad SMARTS) is 1. The van der Waals surface area contributed by atoms with Crippen LogP contribution in [0.5, 0.6) is 0 Å². The lowest BCUT2D eigenvalue weighted by atomic mass is 9.76. The van der Waals surface area contributed by atoms with E-state index in [1.807, 2.05) is 0 Å². The van der Waals surface area contributed by atoms with E-state index in [9.17, 15) is 50.4 Å². The first-order chi connectivity index (χ1) is 14.8. The number of fused-ring (bicyclic) bond motifs is 1. The van der Waals surface area contributed by atoms with Crippen molar-refractivity contribution in [2.75, 3.05) is 6.61 Å². The minimum Gasteiger partial charge on any atom is -0.478 e. The highest BCUT2D eigenvalue weighted by molar-refractivity contribution is 5.89. The number of hydrogen-bond donors (Lipinski definition) is 8. The molecule has 0 amide bonds. The third-order valence-corrected chi connectivity index (χ3v) is 6.16. The first-order valence-electron chi connectivity index (χ1n) is 9.64. The minimum absolute atomic E-state index is 0.558. The lowest BCUT2D eigenvalue weighted by Crippen LogP contribution is -2.63. The molecule has 0 unspecified atom stereocenters. The molecule has 1 aliphatic carbocycles. The number of carbonyl (C=O) groups excluding carboxylic acids is 1. The Hall–Kier alpha value is -1.88. The van der Waals surface area contributed by atoms with E-state index in [-0.39, 0.29) is 0 Å². The number of carbonyl (C=O) groups is 2. The van der Waals surface area contributed by atoms with Crippen molar-refractivity contribution in [3.63, 3.8) is 0 Å². The molecule has 1 saturated heterocycles. The number of rotatable bonds is 5. The van der Waals surface area contributed by atoms with Gasteiger partial charge < -0.3 is 59.8 Å². The number of hydrogen-bond acceptors (Lipinski definition) is 13. The van der Waals surface area contributed by atoms with Gasteiger partial charge in [0.15, 0.2) is 6.29 Å². The van der Waals surface area contributed by atoms with Crippen molar-refractivity contribution in [2.24, 2.45) is 5.92 Å². The SMILES string of the molecule is CC(=O)O[C@]1(C)[C@H]2[C@H](O[C@@H]3O[C@H](CO)[C@@H](O)[C@H](O)[C@H]3O)OC=C(C(=O)O)[C@@]2(O)[C@H](O)[C@@H]1O. The highest BCUT2D eigenvalue weighted by Gasteiger charge is 2.74. The summed E-state index contributed by atoms with van der Waals surface area (Å²) in [6.07, 6.45) is -13.9. The van der Waals surface area contributed by atoms with Gasteiger partial charge in [0.05, 0.1) is 12.5 Å². The van der Waals surface area contributed by atoms with Crippen molar-refractivity contribution in [1.29, 1.82) is 0 Å². The second-order valence-electron chi connectivity index (χ2n) is 8.14. The van der Waals surface area contributed by atoms with Crippen LogP contribution in [-0.2, 0) is 28.5 Å². The van der Waals surface area contributed by atoms with Crippen LogP contribution < -0.4 is 0 Å². The summed E-state index contributed by atoms with van der Waals surface area (Å²) in [4.78, 5) is 23.4. The molecule has 14 heteroatoms. The normalized spacial score (nSPS) is 48.4. The molecule has 2 heterocycles. The topological polar surface area (TPSA) is 233 Å². The number of aliphatic carboxylic acids is 1. The second-order valence-corrected chi connectivity index (χ2v) is 8.14. The number of aliphatic hydroxyl groups is 7. The fraction of sp³-hybridized carbons (Fsp3) is 0.778. The molecule has 14 nitrogen and oxygen atoms in total. The summed E-state index contributed by atoms with van der Waals surface area (Å²) in [5, 5.41) is 81.3. The lowest BCUT2D eigenvalue weighted by Gasteiger charge is -2.46. The zero-order valence-electron chi connectivity index (χ0n) is 17.0. The Balaban J connectivity index is 2.03. The van der Waals surface area contributed by atoms with E-state index in [2.05, 4.69) is 0 Å². The highest BCUT2D eigenvalue weighted by Crippen LogP contribution is 2.54. The van der Waals surface area contributed by atoms with Crippen LogP contribution in [0.4, 0.5) is 0 Å². The average molecular weight is 466 g/mol. The molecule has 0 aromatic carbocycles. The maximum atomic E-state index is 11.7. The lowest BCUT2D eigenvalue weighted by molar-refractivity contribution is -0.352. The van der Waals surface area contributed by atoms with Gasteiger partial charge in [-0.05, 0) is 6.92 Å². The first-order valence-corrected chi connectivity index (χ1v) is 9.64. The first kappa shape index (κ1) is 24.8. The van der Waals surface area contributed by atoms with Crippen molar-refractivity contribution < 1.29 is 69.4 Å². The Morgan fingerprint density at radius 2 is 1.69 bits per heavy atom. The maximum Gasteiger partial charge on any atom is 0.337 e. The standard InChI is InChI=1S/C18H26O14/c1-5(20)32-17(2)11-16(31-15-10(23)9(22)8(21)7(3-19)30-15)29-4-6(14(26)27)18(11,28)13(25)12(17)24/h4,7-13,15-16,19,21-25,28H,3H2,1-2H3,(H,26,27)/t7-,8-,9+,10-,11-,12+,13-,15+,16+,17-,18+/m1/s1. The van der Waals surface area contributed by atoms with Crippen molar-refractivity contribution in [3.05, 3.63) is 11.8 Å². The zero-order valence-corrected chi connectivity index (χ0v) is 17.0. The van der Waals surface area contributed by atoms with E-state index in [0.717, 1.165) is 13.8 Å². The fourth-order valence-corrected chi connectivity index (χ4v) is 4.55. The largest absolute Gasteiger partial charge is 0.478 e. The molecule has 0 aromatic rings. The number of ether oxygens (including phenoxy) is 4. The monoisotopic (exact) mass is 466 g/mol. The molecule has 3 rings (SSSR count). The summed E-state index contributed by atoms with van der Waals surface area (Å²) < 4.78 is 21.1. The summed E-state index contributed by atoms with van der Waals surface area (Å²) in [5.74, 6) is -4.42. The van der Waals surface area contributed by atoms with Crippen molar-refractivity contribution in [1.82, 2.24) is 0 Å². The molecule has 3 aliphatic rings. The number of esters is 1. The van der Waals surface area contributed by atoms with Crippen LogP contribution in [0.15, 0.2) is 11.8 Å². The van der Waals surface area contributed by atoms with Gasteiger partial charge >= 0.3 is 11.9 Å². The number of aliphatic hydroxyl groups excluding tert-OH is 6. The third-order valence-electron chi connectivity index (χ3n) is 6.16. The zero-order chi connectivity index (χ0) is 24.2. The Morgan fingerprint density at radius 3 is 2.22 bits per heavy atom. The van der Waals surface area contributed by atoms with E-state index in [0.29, 0.717) is 6.26 Å². The predicted octanol–water partition coefficient (Wildman–Crippen LogP) is -4.47. The third kappa shape index (κ3) is 3.57. The Bertz CT molecular complexity index is 784. The minimum atomic E-state index is -2.74. The molecule has 0 spiro atoms. The van der Waals surface area contributed by atoms with Crippen LogP contribution in [0.3, 0.4) is 0 Å². The summed E-state index contributed by atoms with van der Waals surface area (Å²) in [7, 11) is 0. The molecule has 8 N–H and O–H groups in total. The van der Waals surface area contributed by atoms with Gasteiger partial charge in [0.25, 0.3) is 0 Å². The molecule has 0 aromatic heterocycles. The molecule has 0 bridgehead atoms. The van der Waals surface area contributed by atoms with E-state index >= 15 is 0 Å². The summed E-state index contributed by atoms with van der Waals surface area (Å²) >= 11 is 0. The van der Waals surface area contributed by atoms with E-state index < -0.39 is 90.4 Å². The predicted molar refractivity (Wildman–Crippen MR) is 96.1 cm³/mol. The number of carboxylic acids is 1. The second kappa shape index (κ2) is 8.48. The smallest absolute Gasteiger partial charge is 0.337 e. The van der Waals surface area contributed by atoms with Gasteiger partial charge in [0, 0.05) is 6.92 Å². The quantitative estimate of drug-likeness (QED) is 0.179. The molecule has 32 heavy (non-hydrogen) atoms. The Kier molecular flexibility index (Phi) is 6.56. The van der Waals surface area contributed by atoms with Gasteiger partial charge in [-0.15, -0.1) is 0 Å². The van der Waals surface area contributed by atoms with Crippen molar-refractivity contribution in [3.8, 4) is 0 Å².